The lowest BCUT2D eigenvalue weighted by atomic mass is 9.79. The third-order valence-electron chi connectivity index (χ3n) is 8.62. The van der Waals surface area contributed by atoms with Crippen LogP contribution in [0.2, 0.25) is 0 Å². The van der Waals surface area contributed by atoms with Gasteiger partial charge >= 0.3 is 0 Å². The number of methoxy groups -OCH3 is 1. The SMILES string of the molecule is CC[C@@H](Cc1ccc(OC)c(C(=O)NCc2ccc(Oc3ccc(F)c(F)c3)cc2)c1)C(=O)C1C(=O)CC[C@H]1Cc1ccccc1. The number of rotatable bonds is 13. The van der Waals surface area contributed by atoms with Crippen LogP contribution in [0.4, 0.5) is 8.78 Å². The van der Waals surface area contributed by atoms with Crippen molar-refractivity contribution in [2.75, 3.05) is 7.11 Å². The van der Waals surface area contributed by atoms with E-state index in [2.05, 4.69) is 5.32 Å². The Morgan fingerprint density at radius 2 is 1.59 bits per heavy atom. The molecule has 1 amide bonds. The van der Waals surface area contributed by atoms with E-state index in [0.29, 0.717) is 42.7 Å². The molecule has 5 rings (SSSR count). The molecule has 0 radical (unpaired) electrons. The van der Waals surface area contributed by atoms with E-state index >= 15 is 0 Å². The van der Waals surface area contributed by atoms with Crippen LogP contribution in [0.1, 0.15) is 53.2 Å². The number of ketones is 2. The van der Waals surface area contributed by atoms with E-state index in [1.165, 1.54) is 13.2 Å². The number of halogens is 2. The first-order valence-electron chi connectivity index (χ1n) is 15.5. The van der Waals surface area contributed by atoms with E-state index in [1.807, 2.05) is 43.3 Å². The number of nitrogens with one attached hydrogen (secondary N) is 1. The van der Waals surface area contributed by atoms with Gasteiger partial charge in [0.05, 0.1) is 18.6 Å². The van der Waals surface area contributed by atoms with Crippen molar-refractivity contribution >= 4 is 17.5 Å². The van der Waals surface area contributed by atoms with E-state index < -0.39 is 17.6 Å². The Morgan fingerprint density at radius 1 is 0.870 bits per heavy atom. The Bertz CT molecular complexity index is 1690. The largest absolute Gasteiger partial charge is 0.496 e. The van der Waals surface area contributed by atoms with Gasteiger partial charge in [-0.25, -0.2) is 8.78 Å². The predicted octanol–water partition coefficient (Wildman–Crippen LogP) is 7.67. The normalized spacial score (nSPS) is 16.6. The van der Waals surface area contributed by atoms with Crippen LogP contribution >= 0.6 is 0 Å². The highest BCUT2D eigenvalue weighted by molar-refractivity contribution is 6.05. The summed E-state index contributed by atoms with van der Waals surface area (Å²) in [6, 6.07) is 25.5. The third-order valence-corrected chi connectivity index (χ3v) is 8.62. The fourth-order valence-electron chi connectivity index (χ4n) is 6.11. The van der Waals surface area contributed by atoms with Crippen molar-refractivity contribution < 1.29 is 32.6 Å². The maximum atomic E-state index is 13.8. The molecule has 1 fully saturated rings. The molecule has 46 heavy (non-hydrogen) atoms. The summed E-state index contributed by atoms with van der Waals surface area (Å²) in [4.78, 5) is 40.0. The summed E-state index contributed by atoms with van der Waals surface area (Å²) in [6.07, 6.45) is 2.86. The summed E-state index contributed by atoms with van der Waals surface area (Å²) >= 11 is 0. The van der Waals surface area contributed by atoms with Crippen LogP contribution in [0.5, 0.6) is 17.2 Å². The van der Waals surface area contributed by atoms with Gasteiger partial charge in [-0.2, -0.15) is 0 Å². The van der Waals surface area contributed by atoms with Gasteiger partial charge in [0.25, 0.3) is 5.91 Å². The van der Waals surface area contributed by atoms with Crippen molar-refractivity contribution in [1.82, 2.24) is 5.32 Å². The highest BCUT2D eigenvalue weighted by Crippen LogP contribution is 2.36. The van der Waals surface area contributed by atoms with Crippen LogP contribution in [0.3, 0.4) is 0 Å². The molecule has 1 aliphatic rings. The Kier molecular flexibility index (Phi) is 10.6. The van der Waals surface area contributed by atoms with Gasteiger partial charge in [-0.1, -0.05) is 55.5 Å². The number of amides is 1. The van der Waals surface area contributed by atoms with Crippen LogP contribution in [0.25, 0.3) is 0 Å². The lowest BCUT2D eigenvalue weighted by Crippen LogP contribution is -2.32. The average molecular weight is 626 g/mol. The average Bonchev–Trinajstić information content (AvgIpc) is 3.44. The van der Waals surface area contributed by atoms with E-state index in [9.17, 15) is 23.2 Å². The Labute approximate surface area is 267 Å². The van der Waals surface area contributed by atoms with Crippen LogP contribution in [-0.2, 0) is 29.0 Å². The van der Waals surface area contributed by atoms with E-state index in [0.717, 1.165) is 35.2 Å². The minimum absolute atomic E-state index is 0.000179. The summed E-state index contributed by atoms with van der Waals surface area (Å²) < 4.78 is 37.7. The van der Waals surface area contributed by atoms with Gasteiger partial charge in [-0.05, 0) is 84.7 Å². The van der Waals surface area contributed by atoms with Crippen LogP contribution in [0, 0.1) is 29.4 Å². The monoisotopic (exact) mass is 625 g/mol. The molecule has 1 aliphatic carbocycles. The quantitative estimate of drug-likeness (QED) is 0.154. The van der Waals surface area contributed by atoms with Gasteiger partial charge in [0.1, 0.15) is 28.8 Å². The van der Waals surface area contributed by atoms with E-state index in [1.54, 1.807) is 36.4 Å². The molecule has 0 aliphatic heterocycles. The number of hydrogen-bond donors (Lipinski definition) is 1. The van der Waals surface area contributed by atoms with Gasteiger partial charge < -0.3 is 14.8 Å². The molecule has 6 nitrogen and oxygen atoms in total. The van der Waals surface area contributed by atoms with Gasteiger partial charge in [0.15, 0.2) is 11.6 Å². The number of benzene rings is 4. The molecule has 1 saturated carbocycles. The first-order valence-corrected chi connectivity index (χ1v) is 15.5. The molecular formula is C38H37F2NO5. The molecule has 0 aromatic heterocycles. The van der Waals surface area contributed by atoms with Crippen molar-refractivity contribution in [2.45, 2.75) is 45.6 Å². The molecular weight excluding hydrogens is 588 g/mol. The number of ether oxygens (including phenoxy) is 2. The van der Waals surface area contributed by atoms with Crippen molar-refractivity contribution in [2.24, 2.45) is 17.8 Å². The van der Waals surface area contributed by atoms with E-state index in [4.69, 9.17) is 9.47 Å². The van der Waals surface area contributed by atoms with Gasteiger partial charge in [0, 0.05) is 24.9 Å². The van der Waals surface area contributed by atoms with Crippen molar-refractivity contribution in [3.05, 3.63) is 125 Å². The topological polar surface area (TPSA) is 81.7 Å². The Balaban J connectivity index is 1.22. The molecule has 0 spiro atoms. The van der Waals surface area contributed by atoms with Crippen LogP contribution in [0.15, 0.2) is 91.0 Å². The van der Waals surface area contributed by atoms with E-state index in [-0.39, 0.29) is 41.6 Å². The molecule has 4 aromatic rings. The highest BCUT2D eigenvalue weighted by atomic mass is 19.2. The zero-order valence-corrected chi connectivity index (χ0v) is 25.9. The van der Waals surface area contributed by atoms with Crippen LogP contribution < -0.4 is 14.8 Å². The summed E-state index contributed by atoms with van der Waals surface area (Å²) in [5, 5.41) is 2.91. The maximum absolute atomic E-state index is 13.8. The van der Waals surface area contributed by atoms with Crippen molar-refractivity contribution in [1.29, 1.82) is 0 Å². The standard InChI is InChI=1S/C38H37F2NO5/c1-3-27(37(43)36-28(12-17-34(36)42)19-24-7-5-4-6-8-24)20-26-11-18-35(45-2)31(21-26)38(44)41-23-25-9-13-29(14-10-25)46-30-15-16-32(39)33(40)22-30/h4-11,13-16,18,21-22,27-28,36H,3,12,17,19-20,23H2,1-2H3,(H,41,44)/t27-,28-,36?/m0/s1. The first-order chi connectivity index (χ1) is 22.2. The molecule has 4 aromatic carbocycles. The fraction of sp³-hybridized carbons (Fsp3) is 0.289. The lowest BCUT2D eigenvalue weighted by Gasteiger charge is -2.23. The smallest absolute Gasteiger partial charge is 0.255 e. The maximum Gasteiger partial charge on any atom is 0.255 e. The second-order valence-corrected chi connectivity index (χ2v) is 11.7. The number of Topliss-reactive ketones (excluding diaryl/α,β-unsaturated/α-hetero) is 2. The highest BCUT2D eigenvalue weighted by Gasteiger charge is 2.41. The van der Waals surface area contributed by atoms with Gasteiger partial charge in [0.2, 0.25) is 0 Å². The van der Waals surface area contributed by atoms with Crippen molar-refractivity contribution in [3.8, 4) is 17.2 Å². The zero-order chi connectivity index (χ0) is 32.6. The number of carbonyl (C=O) groups is 3. The molecule has 1 N–H and O–H groups in total. The molecule has 0 heterocycles. The predicted molar refractivity (Wildman–Crippen MR) is 171 cm³/mol. The fourth-order valence-corrected chi connectivity index (χ4v) is 6.11. The second-order valence-electron chi connectivity index (χ2n) is 11.7. The summed E-state index contributed by atoms with van der Waals surface area (Å²) in [5.41, 5.74) is 3.09. The zero-order valence-electron chi connectivity index (χ0n) is 25.9. The first kappa shape index (κ1) is 32.5. The number of hydrogen-bond acceptors (Lipinski definition) is 5. The van der Waals surface area contributed by atoms with Crippen LogP contribution in [-0.4, -0.2) is 24.6 Å². The van der Waals surface area contributed by atoms with Crippen molar-refractivity contribution in [3.63, 3.8) is 0 Å². The second kappa shape index (κ2) is 15.0. The molecule has 0 bridgehead atoms. The van der Waals surface area contributed by atoms with Gasteiger partial charge in [-0.15, -0.1) is 0 Å². The Hall–Kier alpha value is -4.85. The third kappa shape index (κ3) is 7.86. The molecule has 238 valence electrons. The lowest BCUT2D eigenvalue weighted by molar-refractivity contribution is -0.134. The minimum atomic E-state index is -0.996. The Morgan fingerprint density at radius 3 is 2.28 bits per heavy atom. The molecule has 8 heteroatoms. The summed E-state index contributed by atoms with van der Waals surface area (Å²) in [5.74, 6) is -2.20. The summed E-state index contributed by atoms with van der Waals surface area (Å²) in [6.45, 7) is 2.18. The molecule has 0 saturated heterocycles. The van der Waals surface area contributed by atoms with Gasteiger partial charge in [-0.3, -0.25) is 14.4 Å². The summed E-state index contributed by atoms with van der Waals surface area (Å²) in [7, 11) is 1.49. The number of carbonyl (C=O) groups excluding carboxylic acids is 3. The minimum Gasteiger partial charge on any atom is -0.496 e. The molecule has 1 unspecified atom stereocenters. The molecule has 3 atom stereocenters.